The SMILES string of the molecule is CC(=O)NC1[C@H](OCCCCCCOP(=O)(O)OCCCOCC(COCCCOP(=O)(O)OCCCCCCO[C@@H]2OC(CO)C(O)[C@H](O)C2C)(COCCCOP(=O)(O)OCCCCCCO[C@@H]2OC(CO)[C@H](O)[C@H](O)C2C)COP(=O)(O)OCCCOCC(CO)COCCCOC(C)C(C)C)OC(CO)[C@H](O)[C@@H]1O. The number of hydrogen-bond acceptors (Lipinski definition) is 35. The molecule has 3 saturated heterocycles. The molecule has 0 bridgehead atoms. The molecule has 15 N–H and O–H groups in total. The predicted molar refractivity (Wildman–Crippen MR) is 400 cm³/mol. The molecule has 0 spiro atoms. The zero-order valence-corrected chi connectivity index (χ0v) is 70.1. The lowest BCUT2D eigenvalue weighted by Gasteiger charge is -2.42. The topological polar surface area (TPSA) is 565 Å². The van der Waals surface area contributed by atoms with Crippen LogP contribution in [-0.2, 0) is 116 Å². The lowest BCUT2D eigenvalue weighted by molar-refractivity contribution is -0.282. The van der Waals surface area contributed by atoms with Gasteiger partial charge in [0, 0.05) is 84.1 Å². The van der Waals surface area contributed by atoms with E-state index in [4.69, 9.17) is 93.0 Å². The van der Waals surface area contributed by atoms with E-state index < -0.39 is 161 Å². The quantitative estimate of drug-likeness (QED) is 0.0307. The molecular weight excluding hydrogens is 1590 g/mol. The molecule has 40 nitrogen and oxygen atoms in total. The second-order valence-corrected chi connectivity index (χ2v) is 34.7. The maximum absolute atomic E-state index is 13.6. The normalized spacial score (nSPS) is 27.6. The first-order valence-electron chi connectivity index (χ1n) is 39.3. The third kappa shape index (κ3) is 45.7. The van der Waals surface area contributed by atoms with E-state index in [1.54, 1.807) is 13.8 Å². The number of amides is 1. The van der Waals surface area contributed by atoms with Crippen LogP contribution in [0.15, 0.2) is 0 Å². The third-order valence-electron chi connectivity index (χ3n) is 18.6. The Morgan fingerprint density at radius 1 is 0.381 bits per heavy atom. The van der Waals surface area contributed by atoms with Crippen molar-refractivity contribution in [3.05, 3.63) is 0 Å². The maximum atomic E-state index is 13.6. The van der Waals surface area contributed by atoms with Gasteiger partial charge in [0.05, 0.1) is 136 Å². The summed E-state index contributed by atoms with van der Waals surface area (Å²) in [6.45, 7) is 7.12. The van der Waals surface area contributed by atoms with Gasteiger partial charge in [-0.25, -0.2) is 18.3 Å². The average Bonchev–Trinajstić information content (AvgIpc) is 0.965. The number of hydrogen-bond donors (Lipinski definition) is 15. The van der Waals surface area contributed by atoms with Crippen LogP contribution in [0, 0.1) is 29.1 Å². The van der Waals surface area contributed by atoms with Gasteiger partial charge in [0.1, 0.15) is 48.8 Å². The van der Waals surface area contributed by atoms with Crippen molar-refractivity contribution < 1.29 is 187 Å². The lowest BCUT2D eigenvalue weighted by Crippen LogP contribution is -2.64. The fraction of sp³-hybridized carbons (Fsp3) is 0.986. The number of aliphatic hydroxyl groups is 10. The predicted octanol–water partition coefficient (Wildman–Crippen LogP) is 3.04. The first kappa shape index (κ1) is 106. The van der Waals surface area contributed by atoms with Crippen LogP contribution in [0.4, 0.5) is 0 Å². The Morgan fingerprint density at radius 2 is 0.681 bits per heavy atom. The van der Waals surface area contributed by atoms with Gasteiger partial charge >= 0.3 is 31.3 Å². The molecule has 44 heteroatoms. The molecule has 3 aliphatic rings. The van der Waals surface area contributed by atoms with Crippen molar-refractivity contribution >= 4 is 37.2 Å². The fourth-order valence-corrected chi connectivity index (χ4v) is 14.6. The molecule has 3 heterocycles. The molecule has 0 aromatic heterocycles. The summed E-state index contributed by atoms with van der Waals surface area (Å²) in [7, 11) is -18.5. The maximum Gasteiger partial charge on any atom is 0.472 e. The lowest BCUT2D eigenvalue weighted by atomic mass is 9.92. The Kier molecular flexibility index (Phi) is 56.1. The molecular formula is C69H137NO39P4. The highest BCUT2D eigenvalue weighted by Gasteiger charge is 2.47. The number of carbonyl (C=O) groups excluding carboxylic acids is 1. The van der Waals surface area contributed by atoms with Gasteiger partial charge in [0.25, 0.3) is 0 Å². The zero-order valence-electron chi connectivity index (χ0n) is 66.6. The van der Waals surface area contributed by atoms with Gasteiger partial charge in [-0.05, 0) is 83.5 Å². The first-order valence-corrected chi connectivity index (χ1v) is 45.3. The van der Waals surface area contributed by atoms with Crippen molar-refractivity contribution in [1.82, 2.24) is 5.32 Å². The van der Waals surface area contributed by atoms with Gasteiger partial charge in [-0.15, -0.1) is 0 Å². The van der Waals surface area contributed by atoms with Crippen LogP contribution >= 0.6 is 31.3 Å². The molecule has 3 rings (SSSR count). The summed E-state index contributed by atoms with van der Waals surface area (Å²) in [4.78, 5) is 54.2. The van der Waals surface area contributed by atoms with Crippen LogP contribution in [-0.4, -0.2) is 334 Å². The monoisotopic (exact) mass is 1730 g/mol. The van der Waals surface area contributed by atoms with Crippen LogP contribution in [0.3, 0.4) is 0 Å². The molecule has 3 aliphatic heterocycles. The second kappa shape index (κ2) is 59.7. The van der Waals surface area contributed by atoms with Crippen molar-refractivity contribution in [2.45, 2.75) is 237 Å². The Morgan fingerprint density at radius 3 is 1.02 bits per heavy atom. The minimum Gasteiger partial charge on any atom is -0.396 e. The van der Waals surface area contributed by atoms with E-state index in [2.05, 4.69) is 19.2 Å². The van der Waals surface area contributed by atoms with Gasteiger partial charge < -0.3 is 133 Å². The van der Waals surface area contributed by atoms with Crippen LogP contribution in [0.25, 0.3) is 0 Å². The zero-order chi connectivity index (χ0) is 83.7. The molecule has 0 radical (unpaired) electrons. The van der Waals surface area contributed by atoms with E-state index in [1.165, 1.54) is 6.92 Å². The molecule has 113 heavy (non-hydrogen) atoms. The minimum absolute atomic E-state index is 0.00765. The number of unbranched alkanes of at least 4 members (excludes halogenated alkanes) is 9. The molecule has 0 aromatic carbocycles. The van der Waals surface area contributed by atoms with E-state index in [0.717, 1.165) is 0 Å². The number of phosphoric ester groups is 4. The number of nitrogens with one attached hydrogen (secondary N) is 1. The first-order chi connectivity index (χ1) is 53.8. The molecule has 0 aliphatic carbocycles. The molecule has 0 saturated carbocycles. The van der Waals surface area contributed by atoms with E-state index in [0.29, 0.717) is 103 Å². The minimum atomic E-state index is -4.89. The average molecular weight is 1730 g/mol. The summed E-state index contributed by atoms with van der Waals surface area (Å²) in [5.74, 6) is -1.56. The van der Waals surface area contributed by atoms with Crippen LogP contribution in [0.1, 0.15) is 151 Å². The Balaban J connectivity index is 1.61. The number of phosphoric acid groups is 4. The summed E-state index contributed by atoms with van der Waals surface area (Å²) in [6.07, 6.45) is -6.45. The molecule has 1 amide bonds. The van der Waals surface area contributed by atoms with Gasteiger partial charge in [-0.3, -0.25) is 41.0 Å². The van der Waals surface area contributed by atoms with Crippen molar-refractivity contribution in [2.24, 2.45) is 29.1 Å². The van der Waals surface area contributed by atoms with Crippen molar-refractivity contribution in [3.8, 4) is 0 Å². The molecule has 0 aromatic rings. The van der Waals surface area contributed by atoms with Crippen LogP contribution < -0.4 is 5.32 Å². The van der Waals surface area contributed by atoms with Crippen molar-refractivity contribution in [1.29, 1.82) is 0 Å². The smallest absolute Gasteiger partial charge is 0.396 e. The Labute approximate surface area is 664 Å². The largest absolute Gasteiger partial charge is 0.472 e. The Hall–Kier alpha value is -0.970. The number of rotatable bonds is 71. The highest BCUT2D eigenvalue weighted by molar-refractivity contribution is 7.48. The fourth-order valence-electron chi connectivity index (χ4n) is 11.4. The Bertz CT molecular complexity index is 2530. The van der Waals surface area contributed by atoms with Gasteiger partial charge in [0.2, 0.25) is 5.91 Å². The number of ether oxygens (including phenoxy) is 12. The standard InChI is InChI=1S/C69H137NO39P4/c1-50(2)53(5)95-32-19-24-90-44-55(40-71)45-91-25-20-36-105-113(88,89)106-49-69(46-92-26-21-37-102-110(82,83)99-33-16-10-7-13-29-96-66-51(3)60(76)62(78)56(41-72)107-66,47-93-27-22-38-103-111(84,85)100-34-17-11-8-14-30-97-67-52(4)61(77)63(79)57(42-73)108-67)48-94-28-23-39-104-112(86,87)101-35-18-12-9-15-31-98-68-59(70-54(6)75)65(81)64(80)58(43-74)109-68/h50-53,55-68,71-74,76-81H,7-49H2,1-6H3,(H,70,75)(H,82,83)(H,84,85)(H,86,87)(H,88,89)/t51?,52?,53?,55?,56?,57?,58?,59?,60-,61-,62+,63?,64+,65-,66-,67-,68-,69?/m1/s1. The molecule has 3 fully saturated rings. The van der Waals surface area contributed by atoms with Crippen LogP contribution in [0.2, 0.25) is 0 Å². The highest BCUT2D eigenvalue weighted by atomic mass is 31.2. The van der Waals surface area contributed by atoms with Crippen LogP contribution in [0.5, 0.6) is 0 Å². The number of carbonyl (C=O) groups is 1. The molecule has 22 atom stereocenters. The molecule has 14 unspecified atom stereocenters. The van der Waals surface area contributed by atoms with E-state index in [1.807, 2.05) is 6.92 Å². The second-order valence-electron chi connectivity index (χ2n) is 28.8. The van der Waals surface area contributed by atoms with E-state index in [9.17, 15) is 93.7 Å². The highest BCUT2D eigenvalue weighted by Crippen LogP contribution is 2.47. The summed E-state index contributed by atoms with van der Waals surface area (Å²) < 4.78 is 163. The summed E-state index contributed by atoms with van der Waals surface area (Å²) in [6, 6.07) is -1.10. The summed E-state index contributed by atoms with van der Waals surface area (Å²) >= 11 is 0. The van der Waals surface area contributed by atoms with E-state index >= 15 is 0 Å². The van der Waals surface area contributed by atoms with Gasteiger partial charge in [-0.1, -0.05) is 66.2 Å². The summed E-state index contributed by atoms with van der Waals surface area (Å²) in [5, 5.41) is 103. The van der Waals surface area contributed by atoms with Crippen molar-refractivity contribution in [2.75, 3.05) is 172 Å². The summed E-state index contributed by atoms with van der Waals surface area (Å²) in [5.41, 5.74) is -1.49. The molecule has 672 valence electrons. The van der Waals surface area contributed by atoms with Crippen molar-refractivity contribution in [3.63, 3.8) is 0 Å². The third-order valence-corrected chi connectivity index (χ3v) is 22.6. The van der Waals surface area contributed by atoms with Gasteiger partial charge in [-0.2, -0.15) is 0 Å². The number of aliphatic hydroxyl groups excluding tert-OH is 10. The van der Waals surface area contributed by atoms with Gasteiger partial charge in [0.15, 0.2) is 18.9 Å². The van der Waals surface area contributed by atoms with E-state index in [-0.39, 0.29) is 170 Å².